The third-order valence-corrected chi connectivity index (χ3v) is 3.75. The van der Waals surface area contributed by atoms with Crippen molar-refractivity contribution in [2.24, 2.45) is 0 Å². The molecule has 0 heterocycles. The summed E-state index contributed by atoms with van der Waals surface area (Å²) in [6.45, 7) is 6.28. The lowest BCUT2D eigenvalue weighted by atomic mass is 10.1. The van der Waals surface area contributed by atoms with Gasteiger partial charge in [0.15, 0.2) is 0 Å². The van der Waals surface area contributed by atoms with Crippen molar-refractivity contribution in [3.8, 4) is 0 Å². The minimum absolute atomic E-state index is 0.148. The highest BCUT2D eigenvalue weighted by atomic mass is 32.2. The monoisotopic (exact) mass is 266 g/mol. The van der Waals surface area contributed by atoms with Crippen LogP contribution in [-0.2, 0) is 16.0 Å². The van der Waals surface area contributed by atoms with E-state index in [2.05, 4.69) is 12.1 Å². The fourth-order valence-electron chi connectivity index (χ4n) is 1.44. The Bertz CT molecular complexity index is 355. The molecular weight excluding hydrogens is 244 g/mol. The number of esters is 1. The second-order valence-electron chi connectivity index (χ2n) is 3.94. The van der Waals surface area contributed by atoms with Gasteiger partial charge < -0.3 is 4.74 Å². The number of benzene rings is 1. The van der Waals surface area contributed by atoms with E-state index >= 15 is 0 Å². The predicted octanol–water partition coefficient (Wildman–Crippen LogP) is 4.07. The standard InChI is InChI=1S/C13H16O2S.C2H6/c1-2-15-13(14)9-10-3-5-11(6-4-10)16-12-7-8-12;1-2/h3-6,12H,2,7-9H2,1H3;1-2H3. The lowest BCUT2D eigenvalue weighted by Crippen LogP contribution is -2.07. The van der Waals surface area contributed by atoms with Crippen molar-refractivity contribution < 1.29 is 9.53 Å². The van der Waals surface area contributed by atoms with Crippen LogP contribution in [-0.4, -0.2) is 17.8 Å². The zero-order chi connectivity index (χ0) is 13.4. The summed E-state index contributed by atoms with van der Waals surface area (Å²) in [4.78, 5) is 12.6. The summed E-state index contributed by atoms with van der Waals surface area (Å²) in [5, 5.41) is 0.830. The first-order chi connectivity index (χ1) is 8.78. The molecule has 0 amide bonds. The first-order valence-corrected chi connectivity index (χ1v) is 7.57. The molecule has 3 heteroatoms. The van der Waals surface area contributed by atoms with E-state index in [-0.39, 0.29) is 5.97 Å². The van der Waals surface area contributed by atoms with E-state index < -0.39 is 0 Å². The zero-order valence-corrected chi connectivity index (χ0v) is 12.3. The Labute approximate surface area is 114 Å². The molecular formula is C15H22O2S. The molecule has 2 nitrogen and oxygen atoms in total. The predicted molar refractivity (Wildman–Crippen MR) is 77.0 cm³/mol. The highest BCUT2D eigenvalue weighted by Crippen LogP contribution is 2.38. The van der Waals surface area contributed by atoms with Gasteiger partial charge in [0.1, 0.15) is 0 Å². The molecule has 1 aromatic rings. The van der Waals surface area contributed by atoms with Gasteiger partial charge in [-0.25, -0.2) is 0 Å². The van der Waals surface area contributed by atoms with Gasteiger partial charge in [-0.05, 0) is 37.5 Å². The minimum atomic E-state index is -0.148. The van der Waals surface area contributed by atoms with Gasteiger partial charge in [0.25, 0.3) is 0 Å². The van der Waals surface area contributed by atoms with E-state index in [0.717, 1.165) is 10.8 Å². The molecule has 0 aromatic heterocycles. The first kappa shape index (κ1) is 15.1. The Kier molecular flexibility index (Phi) is 6.88. The number of carbonyl (C=O) groups is 1. The highest BCUT2D eigenvalue weighted by molar-refractivity contribution is 8.00. The van der Waals surface area contributed by atoms with Crippen molar-refractivity contribution in [1.29, 1.82) is 0 Å². The molecule has 0 saturated heterocycles. The van der Waals surface area contributed by atoms with Crippen molar-refractivity contribution in [3.05, 3.63) is 29.8 Å². The van der Waals surface area contributed by atoms with E-state index in [1.807, 2.05) is 44.7 Å². The lowest BCUT2D eigenvalue weighted by Gasteiger charge is -2.03. The van der Waals surface area contributed by atoms with Crippen LogP contribution >= 0.6 is 11.8 Å². The molecule has 18 heavy (non-hydrogen) atoms. The van der Waals surface area contributed by atoms with E-state index in [9.17, 15) is 4.79 Å². The van der Waals surface area contributed by atoms with Crippen LogP contribution in [0.2, 0.25) is 0 Å². The topological polar surface area (TPSA) is 26.3 Å². The second kappa shape index (κ2) is 8.20. The van der Waals surface area contributed by atoms with Crippen molar-refractivity contribution in [1.82, 2.24) is 0 Å². The van der Waals surface area contributed by atoms with Crippen molar-refractivity contribution in [2.75, 3.05) is 6.61 Å². The fourth-order valence-corrected chi connectivity index (χ4v) is 2.49. The summed E-state index contributed by atoms with van der Waals surface area (Å²) in [5.74, 6) is -0.148. The maximum Gasteiger partial charge on any atom is 0.310 e. The summed E-state index contributed by atoms with van der Waals surface area (Å²) in [6.07, 6.45) is 3.06. The first-order valence-electron chi connectivity index (χ1n) is 6.69. The summed E-state index contributed by atoms with van der Waals surface area (Å²) in [6, 6.07) is 8.22. The van der Waals surface area contributed by atoms with Crippen LogP contribution in [0.4, 0.5) is 0 Å². The third-order valence-electron chi connectivity index (χ3n) is 2.40. The average molecular weight is 266 g/mol. The summed E-state index contributed by atoms with van der Waals surface area (Å²) < 4.78 is 4.91. The number of hydrogen-bond donors (Lipinski definition) is 0. The molecule has 1 aromatic carbocycles. The van der Waals surface area contributed by atoms with Crippen molar-refractivity contribution >= 4 is 17.7 Å². The van der Waals surface area contributed by atoms with Gasteiger partial charge in [-0.3, -0.25) is 4.79 Å². The van der Waals surface area contributed by atoms with Crippen LogP contribution in [0.25, 0.3) is 0 Å². The largest absolute Gasteiger partial charge is 0.466 e. The normalized spacial score (nSPS) is 13.5. The van der Waals surface area contributed by atoms with Crippen molar-refractivity contribution in [3.63, 3.8) is 0 Å². The molecule has 0 N–H and O–H groups in total. The average Bonchev–Trinajstić information content (AvgIpc) is 3.18. The summed E-state index contributed by atoms with van der Waals surface area (Å²) in [5.41, 5.74) is 1.03. The fraction of sp³-hybridized carbons (Fsp3) is 0.533. The van der Waals surface area contributed by atoms with E-state index in [1.165, 1.54) is 17.7 Å². The Hall–Kier alpha value is -0.960. The Balaban J connectivity index is 0.000000771. The molecule has 1 fully saturated rings. The second-order valence-corrected chi connectivity index (χ2v) is 5.32. The van der Waals surface area contributed by atoms with Crippen LogP contribution in [0.1, 0.15) is 39.2 Å². The third kappa shape index (κ3) is 5.58. The van der Waals surface area contributed by atoms with Crippen LogP contribution in [0.5, 0.6) is 0 Å². The Morgan fingerprint density at radius 3 is 2.39 bits per heavy atom. The van der Waals surface area contributed by atoms with Gasteiger partial charge in [0.2, 0.25) is 0 Å². The van der Waals surface area contributed by atoms with Gasteiger partial charge in [0, 0.05) is 10.1 Å². The quantitative estimate of drug-likeness (QED) is 0.751. The molecule has 0 radical (unpaired) electrons. The minimum Gasteiger partial charge on any atom is -0.466 e. The highest BCUT2D eigenvalue weighted by Gasteiger charge is 2.22. The van der Waals surface area contributed by atoms with E-state index in [0.29, 0.717) is 13.0 Å². The van der Waals surface area contributed by atoms with Crippen LogP contribution in [0, 0.1) is 0 Å². The molecule has 0 aliphatic heterocycles. The SMILES string of the molecule is CC.CCOC(=O)Cc1ccc(SC2CC2)cc1. The number of ether oxygens (including phenoxy) is 1. The Morgan fingerprint density at radius 1 is 1.28 bits per heavy atom. The molecule has 0 unspecified atom stereocenters. The lowest BCUT2D eigenvalue weighted by molar-refractivity contribution is -0.142. The van der Waals surface area contributed by atoms with E-state index in [4.69, 9.17) is 4.74 Å². The maximum atomic E-state index is 11.3. The number of thioether (sulfide) groups is 1. The molecule has 0 spiro atoms. The van der Waals surface area contributed by atoms with Crippen LogP contribution < -0.4 is 0 Å². The molecule has 100 valence electrons. The van der Waals surface area contributed by atoms with Crippen LogP contribution in [0.3, 0.4) is 0 Å². The smallest absolute Gasteiger partial charge is 0.310 e. The summed E-state index contributed by atoms with van der Waals surface area (Å²) in [7, 11) is 0. The molecule has 1 aliphatic rings. The molecule has 1 aliphatic carbocycles. The van der Waals surface area contributed by atoms with Gasteiger partial charge in [0.05, 0.1) is 13.0 Å². The number of rotatable bonds is 5. The zero-order valence-electron chi connectivity index (χ0n) is 11.4. The number of hydrogen-bond acceptors (Lipinski definition) is 3. The van der Waals surface area contributed by atoms with Gasteiger partial charge >= 0.3 is 5.97 Å². The van der Waals surface area contributed by atoms with Gasteiger partial charge in [-0.2, -0.15) is 0 Å². The van der Waals surface area contributed by atoms with Crippen molar-refractivity contribution in [2.45, 2.75) is 50.2 Å². The number of carbonyl (C=O) groups excluding carboxylic acids is 1. The Morgan fingerprint density at radius 2 is 1.89 bits per heavy atom. The van der Waals surface area contributed by atoms with Crippen LogP contribution in [0.15, 0.2) is 29.2 Å². The maximum absolute atomic E-state index is 11.3. The molecule has 0 atom stereocenters. The van der Waals surface area contributed by atoms with Gasteiger partial charge in [-0.1, -0.05) is 26.0 Å². The van der Waals surface area contributed by atoms with Gasteiger partial charge in [-0.15, -0.1) is 11.8 Å². The molecule has 1 saturated carbocycles. The summed E-state index contributed by atoms with van der Waals surface area (Å²) >= 11 is 1.93. The molecule has 0 bridgehead atoms. The molecule has 2 rings (SSSR count). The van der Waals surface area contributed by atoms with E-state index in [1.54, 1.807) is 0 Å².